The lowest BCUT2D eigenvalue weighted by molar-refractivity contribution is -0.139. The van der Waals surface area contributed by atoms with E-state index in [0.29, 0.717) is 25.5 Å². The lowest BCUT2D eigenvalue weighted by Crippen LogP contribution is -2.35. The predicted octanol–water partition coefficient (Wildman–Crippen LogP) is 2.04. The van der Waals surface area contributed by atoms with Gasteiger partial charge in [-0.1, -0.05) is 6.07 Å². The number of nitrogens with zero attached hydrogens (tertiary/aromatic N) is 2. The number of aliphatic carboxylic acids is 1. The third-order valence-electron chi connectivity index (χ3n) is 3.87. The van der Waals surface area contributed by atoms with Crippen LogP contribution in [0.5, 0.6) is 5.75 Å². The number of morpholine rings is 1. The largest absolute Gasteiger partial charge is 0.482 e. The first kappa shape index (κ1) is 16.4. The molecule has 126 valence electrons. The smallest absolute Gasteiger partial charge is 0.341 e. The second-order valence-corrected chi connectivity index (χ2v) is 5.61. The fraction of sp³-hybridized carbons (Fsp3) is 0.333. The van der Waals surface area contributed by atoms with Crippen molar-refractivity contribution in [3.63, 3.8) is 0 Å². The van der Waals surface area contributed by atoms with E-state index in [1.807, 2.05) is 36.4 Å². The van der Waals surface area contributed by atoms with E-state index in [2.05, 4.69) is 9.88 Å². The Labute approximate surface area is 140 Å². The van der Waals surface area contributed by atoms with Gasteiger partial charge in [0.05, 0.1) is 18.9 Å². The molecule has 1 N–H and O–H groups in total. The number of hydrogen-bond acceptors (Lipinski definition) is 5. The molecule has 24 heavy (non-hydrogen) atoms. The molecule has 0 amide bonds. The van der Waals surface area contributed by atoms with E-state index in [1.54, 1.807) is 6.20 Å². The molecular formula is C18H20N2O4. The van der Waals surface area contributed by atoms with Crippen molar-refractivity contribution in [2.45, 2.75) is 6.54 Å². The summed E-state index contributed by atoms with van der Waals surface area (Å²) in [5, 5.41) is 8.86. The van der Waals surface area contributed by atoms with Crippen molar-refractivity contribution in [3.05, 3.63) is 48.2 Å². The normalized spacial score (nSPS) is 15.2. The Morgan fingerprint density at radius 3 is 2.79 bits per heavy atom. The fourth-order valence-electron chi connectivity index (χ4n) is 2.68. The number of carboxylic acid groups (broad SMARTS) is 1. The number of aromatic nitrogens is 1. The van der Waals surface area contributed by atoms with Crippen LogP contribution >= 0.6 is 0 Å². The molecule has 0 unspecified atom stereocenters. The Morgan fingerprint density at radius 2 is 2.08 bits per heavy atom. The van der Waals surface area contributed by atoms with E-state index >= 15 is 0 Å². The zero-order chi connectivity index (χ0) is 16.8. The van der Waals surface area contributed by atoms with Crippen LogP contribution in [-0.4, -0.2) is 53.9 Å². The molecule has 6 nitrogen and oxygen atoms in total. The van der Waals surface area contributed by atoms with Gasteiger partial charge in [-0.3, -0.25) is 9.88 Å². The second kappa shape index (κ2) is 7.90. The predicted molar refractivity (Wildman–Crippen MR) is 88.9 cm³/mol. The molecule has 0 radical (unpaired) electrons. The molecular weight excluding hydrogens is 308 g/mol. The van der Waals surface area contributed by atoms with Crippen molar-refractivity contribution in [2.75, 3.05) is 32.9 Å². The Balaban J connectivity index is 1.86. The topological polar surface area (TPSA) is 71.9 Å². The van der Waals surface area contributed by atoms with Gasteiger partial charge in [-0.15, -0.1) is 0 Å². The number of carboxylic acids is 1. The highest BCUT2D eigenvalue weighted by Gasteiger charge is 2.15. The first-order valence-electron chi connectivity index (χ1n) is 7.91. The monoisotopic (exact) mass is 328 g/mol. The Bertz CT molecular complexity index is 685. The maximum Gasteiger partial charge on any atom is 0.341 e. The van der Waals surface area contributed by atoms with Crippen molar-refractivity contribution in [2.24, 2.45) is 0 Å². The summed E-state index contributed by atoms with van der Waals surface area (Å²) in [4.78, 5) is 17.4. The maximum atomic E-state index is 10.8. The first-order valence-corrected chi connectivity index (χ1v) is 7.91. The zero-order valence-corrected chi connectivity index (χ0v) is 13.4. The molecule has 0 bridgehead atoms. The highest BCUT2D eigenvalue weighted by Crippen LogP contribution is 2.27. The van der Waals surface area contributed by atoms with Crippen LogP contribution in [-0.2, 0) is 16.1 Å². The lowest BCUT2D eigenvalue weighted by atomic mass is 10.1. The van der Waals surface area contributed by atoms with Crippen LogP contribution in [0.3, 0.4) is 0 Å². The molecule has 1 aromatic heterocycles. The molecule has 3 rings (SSSR count). The van der Waals surface area contributed by atoms with E-state index in [-0.39, 0.29) is 6.61 Å². The van der Waals surface area contributed by atoms with Gasteiger partial charge in [-0.05, 0) is 30.3 Å². The molecule has 2 aromatic rings. The van der Waals surface area contributed by atoms with Crippen molar-refractivity contribution in [1.82, 2.24) is 9.88 Å². The van der Waals surface area contributed by atoms with Gasteiger partial charge < -0.3 is 14.6 Å². The molecule has 1 aliphatic heterocycles. The summed E-state index contributed by atoms with van der Waals surface area (Å²) in [6, 6.07) is 11.5. The van der Waals surface area contributed by atoms with Crippen LogP contribution in [0.4, 0.5) is 0 Å². The zero-order valence-electron chi connectivity index (χ0n) is 13.4. The summed E-state index contributed by atoms with van der Waals surface area (Å²) < 4.78 is 10.8. The van der Waals surface area contributed by atoms with Crippen molar-refractivity contribution < 1.29 is 19.4 Å². The number of ether oxygens (including phenoxy) is 2. The van der Waals surface area contributed by atoms with Gasteiger partial charge in [0.15, 0.2) is 6.61 Å². The van der Waals surface area contributed by atoms with Gasteiger partial charge in [-0.25, -0.2) is 4.79 Å². The van der Waals surface area contributed by atoms with Crippen LogP contribution in [0, 0.1) is 0 Å². The standard InChI is InChI=1S/C18H20N2O4/c21-18(22)13-24-17-5-4-14(16-3-1-2-6-19-16)11-15(17)12-20-7-9-23-10-8-20/h1-6,11H,7-10,12-13H2,(H,21,22). The molecule has 1 aromatic carbocycles. The van der Waals surface area contributed by atoms with E-state index in [1.165, 1.54) is 0 Å². The van der Waals surface area contributed by atoms with E-state index in [4.69, 9.17) is 14.6 Å². The minimum Gasteiger partial charge on any atom is -0.482 e. The average Bonchev–Trinajstić information content (AvgIpc) is 2.62. The summed E-state index contributed by atoms with van der Waals surface area (Å²) in [6.45, 7) is 3.48. The van der Waals surface area contributed by atoms with Gasteiger partial charge in [0, 0.05) is 37.0 Å². The molecule has 1 fully saturated rings. The van der Waals surface area contributed by atoms with Gasteiger partial charge in [-0.2, -0.15) is 0 Å². The van der Waals surface area contributed by atoms with Gasteiger partial charge in [0.1, 0.15) is 5.75 Å². The summed E-state index contributed by atoms with van der Waals surface area (Å²) in [7, 11) is 0. The second-order valence-electron chi connectivity index (χ2n) is 5.61. The van der Waals surface area contributed by atoms with Crippen molar-refractivity contribution in [1.29, 1.82) is 0 Å². The summed E-state index contributed by atoms with van der Waals surface area (Å²) in [5.41, 5.74) is 2.83. The molecule has 1 aliphatic rings. The average molecular weight is 328 g/mol. The Kier molecular flexibility index (Phi) is 5.40. The van der Waals surface area contributed by atoms with Crippen molar-refractivity contribution in [3.8, 4) is 17.0 Å². The minimum atomic E-state index is -0.985. The summed E-state index contributed by atoms with van der Waals surface area (Å²) in [6.07, 6.45) is 1.76. The molecule has 2 heterocycles. The lowest BCUT2D eigenvalue weighted by Gasteiger charge is -2.27. The van der Waals surface area contributed by atoms with E-state index in [9.17, 15) is 4.79 Å². The highest BCUT2D eigenvalue weighted by molar-refractivity contribution is 5.69. The SMILES string of the molecule is O=C(O)COc1ccc(-c2ccccn2)cc1CN1CCOCC1. The summed E-state index contributed by atoms with van der Waals surface area (Å²) >= 11 is 0. The quantitative estimate of drug-likeness (QED) is 0.875. The van der Waals surface area contributed by atoms with E-state index < -0.39 is 5.97 Å². The minimum absolute atomic E-state index is 0.348. The van der Waals surface area contributed by atoms with Crippen LogP contribution in [0.15, 0.2) is 42.6 Å². The number of rotatable bonds is 6. The molecule has 0 saturated carbocycles. The van der Waals surface area contributed by atoms with Crippen LogP contribution in [0.1, 0.15) is 5.56 Å². The first-order chi connectivity index (χ1) is 11.7. The van der Waals surface area contributed by atoms with Gasteiger partial charge in [0.2, 0.25) is 0 Å². The summed E-state index contributed by atoms with van der Waals surface area (Å²) in [5.74, 6) is -0.385. The molecule has 0 spiro atoms. The molecule has 0 atom stereocenters. The number of pyridine rings is 1. The molecule has 0 aliphatic carbocycles. The van der Waals surface area contributed by atoms with Gasteiger partial charge >= 0.3 is 5.97 Å². The Hall–Kier alpha value is -2.44. The van der Waals surface area contributed by atoms with E-state index in [0.717, 1.165) is 29.9 Å². The number of carbonyl (C=O) groups is 1. The fourth-order valence-corrected chi connectivity index (χ4v) is 2.68. The van der Waals surface area contributed by atoms with Crippen LogP contribution in [0.25, 0.3) is 11.3 Å². The highest BCUT2D eigenvalue weighted by atomic mass is 16.5. The third-order valence-corrected chi connectivity index (χ3v) is 3.87. The number of benzene rings is 1. The van der Waals surface area contributed by atoms with Crippen LogP contribution < -0.4 is 4.74 Å². The number of hydrogen-bond donors (Lipinski definition) is 1. The Morgan fingerprint density at radius 1 is 1.25 bits per heavy atom. The third kappa shape index (κ3) is 4.31. The maximum absolute atomic E-state index is 10.8. The molecule has 1 saturated heterocycles. The molecule has 6 heteroatoms. The van der Waals surface area contributed by atoms with Gasteiger partial charge in [0.25, 0.3) is 0 Å². The van der Waals surface area contributed by atoms with Crippen molar-refractivity contribution >= 4 is 5.97 Å². The van der Waals surface area contributed by atoms with Crippen LogP contribution in [0.2, 0.25) is 0 Å².